The topological polar surface area (TPSA) is 134 Å². The highest BCUT2D eigenvalue weighted by molar-refractivity contribution is 5.93. The van der Waals surface area contributed by atoms with Crippen molar-refractivity contribution in [3.05, 3.63) is 23.8 Å². The first kappa shape index (κ1) is 18.5. The minimum absolute atomic E-state index is 0.131. The normalized spacial score (nSPS) is 11.5. The van der Waals surface area contributed by atoms with E-state index in [9.17, 15) is 18.8 Å². The highest BCUT2D eigenvalue weighted by Gasteiger charge is 2.27. The van der Waals surface area contributed by atoms with Gasteiger partial charge in [0.05, 0.1) is 0 Å². The van der Waals surface area contributed by atoms with Gasteiger partial charge in [-0.3, -0.25) is 0 Å². The summed E-state index contributed by atoms with van der Waals surface area (Å²) in [5.41, 5.74) is 5.45. The van der Waals surface area contributed by atoms with Crippen LogP contribution >= 0.6 is 0 Å². The summed E-state index contributed by atoms with van der Waals surface area (Å²) >= 11 is 0. The van der Waals surface area contributed by atoms with Crippen LogP contribution in [0.15, 0.2) is 18.2 Å². The lowest BCUT2D eigenvalue weighted by Crippen LogP contribution is -2.63. The summed E-state index contributed by atoms with van der Waals surface area (Å²) < 4.78 is 41.2. The number of hydrogen-bond acceptors (Lipinski definition) is 8. The largest absolute Gasteiger partial charge is 0.461 e. The molecule has 0 bridgehead atoms. The number of esters is 1. The smallest absolute Gasteiger partial charge is 0.342 e. The van der Waals surface area contributed by atoms with Crippen LogP contribution in [0.2, 0.25) is 0 Å². The van der Waals surface area contributed by atoms with Crippen molar-refractivity contribution in [1.29, 1.82) is 0 Å². The van der Waals surface area contributed by atoms with E-state index in [4.69, 9.17) is 10.5 Å². The summed E-state index contributed by atoms with van der Waals surface area (Å²) in [6, 6.07) is 3.69. The zero-order valence-corrected chi connectivity index (χ0v) is 13.2. The van der Waals surface area contributed by atoms with Gasteiger partial charge in [0.1, 0.15) is 22.4 Å². The van der Waals surface area contributed by atoms with Gasteiger partial charge < -0.3 is 15.4 Å². The molecule has 0 aliphatic carbocycles. The van der Waals surface area contributed by atoms with Gasteiger partial charge >= 0.3 is 11.7 Å². The fourth-order valence-electron chi connectivity index (χ4n) is 1.76. The predicted octanol–water partition coefficient (Wildman–Crippen LogP) is -1.96. The monoisotopic (exact) mass is 334 g/mol. The molecule has 22 heavy (non-hydrogen) atoms. The maximum absolute atomic E-state index is 12.0. The Kier molecular flexibility index (Phi) is 6.85. The van der Waals surface area contributed by atoms with Gasteiger partial charge in [0, 0.05) is 18.3 Å². The summed E-state index contributed by atoms with van der Waals surface area (Å²) in [7, 11) is -4.73. The Labute approximate surface area is 130 Å². The van der Waals surface area contributed by atoms with Gasteiger partial charge in [0.2, 0.25) is 0 Å². The molecule has 0 atom stereocenters. The molecule has 0 saturated carbocycles. The Balaban J connectivity index is 2.76. The molecule has 0 amide bonds. The Morgan fingerprint density at radius 3 is 2.45 bits per heavy atom. The molecule has 0 saturated heterocycles. The number of benzene rings is 1. The first-order valence-corrected chi connectivity index (χ1v) is 7.89. The van der Waals surface area contributed by atoms with Crippen LogP contribution in [-0.4, -0.2) is 37.1 Å². The molecular weight excluding hydrogens is 316 g/mol. The second-order valence-corrected chi connectivity index (χ2v) is 5.28. The number of hydrogen-bond donors (Lipinski definition) is 1. The SMILES string of the molecule is CCN(CC)CCOC(=O)c1ccc(N)cc1O[Cl+3]([O-])([O-])[O-]. The standard InChI is InChI=1S/C13H19ClN2O6/c1-3-16(4-2)7-8-21-13(17)11-6-5-10(15)9-12(11)22-14(18,19)20/h5-6,9H,3-4,7-8,15H2,1-2H3. The molecule has 2 N–H and O–H groups in total. The van der Waals surface area contributed by atoms with Crippen LogP contribution in [-0.2, 0) is 4.74 Å². The van der Waals surface area contributed by atoms with Crippen LogP contribution in [0.4, 0.5) is 5.69 Å². The zero-order chi connectivity index (χ0) is 16.8. The van der Waals surface area contributed by atoms with Crippen LogP contribution in [0.25, 0.3) is 0 Å². The molecule has 1 rings (SSSR count). The van der Waals surface area contributed by atoms with E-state index in [1.807, 2.05) is 18.7 Å². The van der Waals surface area contributed by atoms with E-state index in [-0.39, 0.29) is 17.9 Å². The maximum atomic E-state index is 12.0. The lowest BCUT2D eigenvalue weighted by atomic mass is 10.2. The van der Waals surface area contributed by atoms with Crippen molar-refractivity contribution in [1.82, 2.24) is 4.90 Å². The highest BCUT2D eigenvalue weighted by Crippen LogP contribution is 2.24. The van der Waals surface area contributed by atoms with Crippen molar-refractivity contribution < 1.29 is 38.0 Å². The molecule has 124 valence electrons. The van der Waals surface area contributed by atoms with Gasteiger partial charge in [-0.2, -0.15) is 14.0 Å². The van der Waals surface area contributed by atoms with E-state index in [0.29, 0.717) is 6.54 Å². The Morgan fingerprint density at radius 2 is 1.91 bits per heavy atom. The van der Waals surface area contributed by atoms with Gasteiger partial charge in [-0.25, -0.2) is 4.79 Å². The van der Waals surface area contributed by atoms with Gasteiger partial charge in [-0.1, -0.05) is 18.1 Å². The Hall–Kier alpha value is -1.58. The summed E-state index contributed by atoms with van der Waals surface area (Å²) in [4.78, 5) is 14.0. The average Bonchev–Trinajstić information content (AvgIpc) is 2.41. The number of nitrogens with zero attached hydrogens (tertiary/aromatic N) is 1. The second-order valence-electron chi connectivity index (χ2n) is 4.37. The average molecular weight is 335 g/mol. The number of rotatable bonds is 8. The quantitative estimate of drug-likeness (QED) is 0.428. The minimum atomic E-state index is -4.73. The van der Waals surface area contributed by atoms with Gasteiger partial charge in [0.15, 0.2) is 0 Å². The number of ether oxygens (including phenoxy) is 1. The third-order valence-electron chi connectivity index (χ3n) is 2.94. The van der Waals surface area contributed by atoms with E-state index in [1.165, 1.54) is 12.1 Å². The number of nitrogens with two attached hydrogens (primary N) is 1. The van der Waals surface area contributed by atoms with Gasteiger partial charge in [0.25, 0.3) is 0 Å². The molecule has 1 aromatic carbocycles. The molecule has 0 fully saturated rings. The number of carbonyl (C=O) groups is 1. The first-order chi connectivity index (χ1) is 10.3. The number of anilines is 1. The third-order valence-corrected chi connectivity index (χ3v) is 3.29. The molecule has 9 heteroatoms. The molecular formula is C13H19ClN2O6. The number of carbonyl (C=O) groups excluding carboxylic acids is 1. The van der Waals surface area contributed by atoms with Crippen molar-refractivity contribution in [3.63, 3.8) is 0 Å². The molecule has 0 radical (unpaired) electrons. The third kappa shape index (κ3) is 6.04. The van der Waals surface area contributed by atoms with Crippen LogP contribution < -0.4 is 24.0 Å². The van der Waals surface area contributed by atoms with Crippen molar-refractivity contribution in [2.24, 2.45) is 0 Å². The molecule has 1 aromatic rings. The summed E-state index contributed by atoms with van der Waals surface area (Å²) in [5, 5.41) is 0. The van der Waals surface area contributed by atoms with E-state index in [0.717, 1.165) is 19.2 Å². The van der Waals surface area contributed by atoms with E-state index >= 15 is 0 Å². The van der Waals surface area contributed by atoms with Crippen LogP contribution in [0.1, 0.15) is 24.2 Å². The van der Waals surface area contributed by atoms with E-state index in [1.54, 1.807) is 0 Å². The lowest BCUT2D eigenvalue weighted by Gasteiger charge is -2.18. The highest BCUT2D eigenvalue weighted by atomic mass is 35.7. The van der Waals surface area contributed by atoms with Crippen molar-refractivity contribution >= 4 is 11.7 Å². The number of likely N-dealkylation sites (N-methyl/N-ethyl adjacent to an activating group) is 1. The number of halogens is 1. The van der Waals surface area contributed by atoms with Crippen LogP contribution in [0.5, 0.6) is 5.75 Å². The summed E-state index contributed by atoms with van der Waals surface area (Å²) in [5.74, 6) is -1.24. The zero-order valence-electron chi connectivity index (χ0n) is 12.4. The summed E-state index contributed by atoms with van der Waals surface area (Å²) in [6.07, 6.45) is 0. The lowest BCUT2D eigenvalue weighted by molar-refractivity contribution is -1.91. The molecule has 0 heterocycles. The molecule has 0 spiro atoms. The minimum Gasteiger partial charge on any atom is -0.461 e. The molecule has 8 nitrogen and oxygen atoms in total. The van der Waals surface area contributed by atoms with Crippen molar-refractivity contribution in [2.45, 2.75) is 13.8 Å². The van der Waals surface area contributed by atoms with Crippen LogP contribution in [0, 0.1) is 10.2 Å². The summed E-state index contributed by atoms with van der Waals surface area (Å²) in [6.45, 7) is 6.27. The fraction of sp³-hybridized carbons (Fsp3) is 0.462. The van der Waals surface area contributed by atoms with Crippen molar-refractivity contribution in [2.75, 3.05) is 32.0 Å². The molecule has 0 aliphatic rings. The molecule has 0 aliphatic heterocycles. The first-order valence-electron chi connectivity index (χ1n) is 6.66. The molecule has 0 aromatic heterocycles. The van der Waals surface area contributed by atoms with Crippen molar-refractivity contribution in [3.8, 4) is 5.75 Å². The van der Waals surface area contributed by atoms with E-state index < -0.39 is 22.0 Å². The Bertz CT molecular complexity index is 502. The fourth-order valence-corrected chi connectivity index (χ4v) is 2.09. The second kappa shape index (κ2) is 8.16. The maximum Gasteiger partial charge on any atom is 0.342 e. The van der Waals surface area contributed by atoms with E-state index in [2.05, 4.69) is 4.29 Å². The van der Waals surface area contributed by atoms with Gasteiger partial charge in [-0.05, 0) is 25.2 Å². The number of nitrogen functional groups attached to an aromatic ring is 1. The molecule has 0 unspecified atom stereocenters. The Morgan fingerprint density at radius 1 is 1.27 bits per heavy atom. The predicted molar refractivity (Wildman–Crippen MR) is 69.6 cm³/mol. The van der Waals surface area contributed by atoms with Crippen LogP contribution in [0.3, 0.4) is 0 Å². The van der Waals surface area contributed by atoms with Gasteiger partial charge in [-0.15, -0.1) is 0 Å².